The number of benzene rings is 1. The SMILES string of the molecule is NC(=O)c1cc(Cc2ccccc2)[nH]c(=O)c1. The van der Waals surface area contributed by atoms with Gasteiger partial charge in [0.2, 0.25) is 11.5 Å². The Balaban J connectivity index is 2.34. The minimum atomic E-state index is -0.592. The fraction of sp³-hybridized carbons (Fsp3) is 0.0769. The lowest BCUT2D eigenvalue weighted by Gasteiger charge is -2.03. The van der Waals surface area contributed by atoms with Crippen LogP contribution in [0.15, 0.2) is 47.3 Å². The highest BCUT2D eigenvalue weighted by molar-refractivity contribution is 5.92. The van der Waals surface area contributed by atoms with Crippen molar-refractivity contribution in [1.82, 2.24) is 4.98 Å². The maximum Gasteiger partial charge on any atom is 0.248 e. The van der Waals surface area contributed by atoms with Crippen molar-refractivity contribution >= 4 is 5.91 Å². The second-order valence-electron chi connectivity index (χ2n) is 3.79. The molecule has 0 unspecified atom stereocenters. The Labute approximate surface area is 98.1 Å². The third kappa shape index (κ3) is 2.81. The second kappa shape index (κ2) is 4.65. The number of aromatic amines is 1. The molecule has 2 aromatic rings. The van der Waals surface area contributed by atoms with E-state index < -0.39 is 5.91 Å². The predicted molar refractivity (Wildman–Crippen MR) is 64.8 cm³/mol. The van der Waals surface area contributed by atoms with Crippen molar-refractivity contribution in [3.8, 4) is 0 Å². The number of carbonyl (C=O) groups excluding carboxylic acids is 1. The van der Waals surface area contributed by atoms with Gasteiger partial charge in [0.05, 0.1) is 0 Å². The second-order valence-corrected chi connectivity index (χ2v) is 3.79. The van der Waals surface area contributed by atoms with E-state index in [0.29, 0.717) is 12.1 Å². The lowest BCUT2D eigenvalue weighted by atomic mass is 10.1. The van der Waals surface area contributed by atoms with Crippen LogP contribution in [0.2, 0.25) is 0 Å². The largest absolute Gasteiger partial charge is 0.366 e. The van der Waals surface area contributed by atoms with E-state index in [1.54, 1.807) is 6.07 Å². The minimum absolute atomic E-state index is 0.236. The zero-order valence-electron chi connectivity index (χ0n) is 9.14. The Hall–Kier alpha value is -2.36. The molecule has 0 spiro atoms. The summed E-state index contributed by atoms with van der Waals surface area (Å²) < 4.78 is 0. The van der Waals surface area contributed by atoms with Gasteiger partial charge in [0, 0.05) is 23.7 Å². The molecule has 0 radical (unpaired) electrons. The molecule has 1 heterocycles. The van der Waals surface area contributed by atoms with E-state index in [-0.39, 0.29) is 11.1 Å². The standard InChI is InChI=1S/C13H12N2O2/c14-13(17)10-7-11(15-12(16)8-10)6-9-4-2-1-3-5-9/h1-5,7-8H,6H2,(H2,14,17)(H,15,16). The van der Waals surface area contributed by atoms with Crippen LogP contribution in [-0.2, 0) is 6.42 Å². The molecule has 0 saturated carbocycles. The Bertz CT molecular complexity index is 588. The van der Waals surface area contributed by atoms with Crippen LogP contribution in [0.4, 0.5) is 0 Å². The summed E-state index contributed by atoms with van der Waals surface area (Å²) in [6.45, 7) is 0. The van der Waals surface area contributed by atoms with Gasteiger partial charge in [0.25, 0.3) is 0 Å². The molecule has 0 aliphatic heterocycles. The van der Waals surface area contributed by atoms with Gasteiger partial charge in [0.15, 0.2) is 0 Å². The predicted octanol–water partition coefficient (Wildman–Crippen LogP) is 1.06. The summed E-state index contributed by atoms with van der Waals surface area (Å²) in [6.07, 6.45) is 0.567. The molecule has 17 heavy (non-hydrogen) atoms. The summed E-state index contributed by atoms with van der Waals surface area (Å²) in [6, 6.07) is 12.5. The van der Waals surface area contributed by atoms with Crippen LogP contribution in [0.5, 0.6) is 0 Å². The summed E-state index contributed by atoms with van der Waals surface area (Å²) in [7, 11) is 0. The molecule has 0 bridgehead atoms. The highest BCUT2D eigenvalue weighted by atomic mass is 16.1. The molecule has 2 rings (SSSR count). The fourth-order valence-electron chi connectivity index (χ4n) is 1.65. The topological polar surface area (TPSA) is 76.0 Å². The van der Waals surface area contributed by atoms with Gasteiger partial charge < -0.3 is 10.7 Å². The van der Waals surface area contributed by atoms with Crippen LogP contribution >= 0.6 is 0 Å². The van der Waals surface area contributed by atoms with Gasteiger partial charge >= 0.3 is 0 Å². The number of amides is 1. The van der Waals surface area contributed by atoms with E-state index in [0.717, 1.165) is 5.56 Å². The molecule has 0 aliphatic carbocycles. The third-order valence-corrected chi connectivity index (χ3v) is 2.42. The average molecular weight is 228 g/mol. The average Bonchev–Trinajstić information content (AvgIpc) is 2.29. The molecule has 1 amide bonds. The molecule has 86 valence electrons. The van der Waals surface area contributed by atoms with Crippen molar-refractivity contribution in [2.45, 2.75) is 6.42 Å². The fourth-order valence-corrected chi connectivity index (χ4v) is 1.65. The van der Waals surface area contributed by atoms with E-state index in [1.165, 1.54) is 6.07 Å². The lowest BCUT2D eigenvalue weighted by Crippen LogP contribution is -2.17. The molecule has 3 N–H and O–H groups in total. The van der Waals surface area contributed by atoms with E-state index in [9.17, 15) is 9.59 Å². The van der Waals surface area contributed by atoms with Gasteiger partial charge in [-0.1, -0.05) is 30.3 Å². The first kappa shape index (κ1) is 11.1. The van der Waals surface area contributed by atoms with Gasteiger partial charge in [-0.25, -0.2) is 0 Å². The molecule has 0 saturated heterocycles. The van der Waals surface area contributed by atoms with Crippen LogP contribution < -0.4 is 11.3 Å². The number of hydrogen-bond donors (Lipinski definition) is 2. The minimum Gasteiger partial charge on any atom is -0.366 e. The highest BCUT2D eigenvalue weighted by Gasteiger charge is 2.04. The van der Waals surface area contributed by atoms with Gasteiger partial charge in [-0.15, -0.1) is 0 Å². The Morgan fingerprint density at radius 3 is 2.53 bits per heavy atom. The number of nitrogens with one attached hydrogen (secondary N) is 1. The Morgan fingerprint density at radius 1 is 1.18 bits per heavy atom. The molecule has 4 nitrogen and oxygen atoms in total. The van der Waals surface area contributed by atoms with Crippen molar-refractivity contribution in [3.05, 3.63) is 69.6 Å². The van der Waals surface area contributed by atoms with E-state index in [1.807, 2.05) is 30.3 Å². The third-order valence-electron chi connectivity index (χ3n) is 2.42. The first-order valence-electron chi connectivity index (χ1n) is 5.22. The summed E-state index contributed by atoms with van der Waals surface area (Å²) in [5.41, 5.74) is 6.81. The number of rotatable bonds is 3. The summed E-state index contributed by atoms with van der Waals surface area (Å²) in [5.74, 6) is -0.592. The monoisotopic (exact) mass is 228 g/mol. The normalized spacial score (nSPS) is 10.1. The van der Waals surface area contributed by atoms with Crippen molar-refractivity contribution in [3.63, 3.8) is 0 Å². The number of primary amides is 1. The first-order chi connectivity index (χ1) is 8.15. The smallest absolute Gasteiger partial charge is 0.248 e. The van der Waals surface area contributed by atoms with Crippen molar-refractivity contribution < 1.29 is 4.79 Å². The Kier molecular flexibility index (Phi) is 3.05. The molecule has 1 aromatic carbocycles. The molecule has 4 heteroatoms. The number of carbonyl (C=O) groups is 1. The maximum atomic E-state index is 11.3. The van der Waals surface area contributed by atoms with Crippen LogP contribution in [0.3, 0.4) is 0 Å². The number of H-pyrrole nitrogens is 1. The van der Waals surface area contributed by atoms with Crippen LogP contribution in [0, 0.1) is 0 Å². The zero-order valence-corrected chi connectivity index (χ0v) is 9.14. The van der Waals surface area contributed by atoms with Crippen molar-refractivity contribution in [2.24, 2.45) is 5.73 Å². The number of nitrogens with two attached hydrogens (primary N) is 1. The maximum absolute atomic E-state index is 11.3. The Morgan fingerprint density at radius 2 is 1.88 bits per heavy atom. The summed E-state index contributed by atoms with van der Waals surface area (Å²) >= 11 is 0. The molecular weight excluding hydrogens is 216 g/mol. The van der Waals surface area contributed by atoms with Gasteiger partial charge in [0.1, 0.15) is 0 Å². The number of aromatic nitrogens is 1. The van der Waals surface area contributed by atoms with E-state index in [4.69, 9.17) is 5.73 Å². The highest BCUT2D eigenvalue weighted by Crippen LogP contribution is 2.07. The van der Waals surface area contributed by atoms with Crippen molar-refractivity contribution in [2.75, 3.05) is 0 Å². The number of hydrogen-bond acceptors (Lipinski definition) is 2. The zero-order chi connectivity index (χ0) is 12.3. The molecular formula is C13H12N2O2. The number of pyridine rings is 1. The quantitative estimate of drug-likeness (QED) is 0.824. The van der Waals surface area contributed by atoms with Gasteiger partial charge in [-0.3, -0.25) is 9.59 Å². The molecule has 0 aliphatic rings. The van der Waals surface area contributed by atoms with E-state index >= 15 is 0 Å². The summed E-state index contributed by atoms with van der Waals surface area (Å²) in [5, 5.41) is 0. The summed E-state index contributed by atoms with van der Waals surface area (Å²) in [4.78, 5) is 25.1. The van der Waals surface area contributed by atoms with Gasteiger partial charge in [-0.05, 0) is 11.6 Å². The lowest BCUT2D eigenvalue weighted by molar-refractivity contribution is 0.1000. The first-order valence-corrected chi connectivity index (χ1v) is 5.22. The molecule has 1 aromatic heterocycles. The van der Waals surface area contributed by atoms with Crippen LogP contribution in [-0.4, -0.2) is 10.9 Å². The van der Waals surface area contributed by atoms with Crippen LogP contribution in [0.1, 0.15) is 21.6 Å². The molecule has 0 fully saturated rings. The van der Waals surface area contributed by atoms with E-state index in [2.05, 4.69) is 4.98 Å². The van der Waals surface area contributed by atoms with Crippen LogP contribution in [0.25, 0.3) is 0 Å². The van der Waals surface area contributed by atoms with Crippen molar-refractivity contribution in [1.29, 1.82) is 0 Å². The molecule has 0 atom stereocenters. The van der Waals surface area contributed by atoms with Gasteiger partial charge in [-0.2, -0.15) is 0 Å².